The molecule has 1 atom stereocenters. The Morgan fingerprint density at radius 3 is 3.06 bits per heavy atom. The quantitative estimate of drug-likeness (QED) is 0.904. The number of aliphatic hydroxyl groups excluding tert-OH is 1. The number of aromatic nitrogens is 2. The van der Waals surface area contributed by atoms with E-state index in [1.54, 1.807) is 11.6 Å². The molecule has 1 aliphatic heterocycles. The summed E-state index contributed by atoms with van der Waals surface area (Å²) in [6, 6.07) is 5.80. The SMILES string of the molecule is Cn1c(Cl)cnc1C(O)c1cccc2c1OCC2. The normalized spacial score (nSPS) is 15.3. The fourth-order valence-corrected chi connectivity index (χ4v) is 2.39. The fraction of sp³-hybridized carbons (Fsp3) is 0.308. The summed E-state index contributed by atoms with van der Waals surface area (Å²) in [6.07, 6.45) is 1.59. The summed E-state index contributed by atoms with van der Waals surface area (Å²) < 4.78 is 7.26. The second-order valence-corrected chi connectivity index (χ2v) is 4.72. The lowest BCUT2D eigenvalue weighted by molar-refractivity contribution is 0.200. The van der Waals surface area contributed by atoms with Gasteiger partial charge in [-0.2, -0.15) is 0 Å². The first-order chi connectivity index (χ1) is 8.68. The van der Waals surface area contributed by atoms with Gasteiger partial charge in [0.15, 0.2) is 0 Å². The van der Waals surface area contributed by atoms with Crippen molar-refractivity contribution >= 4 is 11.6 Å². The number of fused-ring (bicyclic) bond motifs is 1. The Morgan fingerprint density at radius 1 is 1.50 bits per heavy atom. The highest BCUT2D eigenvalue weighted by molar-refractivity contribution is 6.29. The number of nitrogens with zero attached hydrogens (tertiary/aromatic N) is 2. The van der Waals surface area contributed by atoms with E-state index in [0.29, 0.717) is 17.6 Å². The standard InChI is InChI=1S/C13H13ClN2O2/c1-16-10(14)7-15-13(16)11(17)9-4-2-3-8-5-6-18-12(8)9/h2-4,7,11,17H,5-6H2,1H3. The molecule has 4 nitrogen and oxygen atoms in total. The summed E-state index contributed by atoms with van der Waals surface area (Å²) in [5, 5.41) is 10.9. The minimum Gasteiger partial charge on any atom is -0.493 e. The summed E-state index contributed by atoms with van der Waals surface area (Å²) in [5.41, 5.74) is 1.88. The van der Waals surface area contributed by atoms with Crippen molar-refractivity contribution in [1.29, 1.82) is 0 Å². The first-order valence-corrected chi connectivity index (χ1v) is 6.16. The van der Waals surface area contributed by atoms with Crippen LogP contribution in [0.15, 0.2) is 24.4 Å². The van der Waals surface area contributed by atoms with Crippen LogP contribution in [0.1, 0.15) is 23.1 Å². The second-order valence-electron chi connectivity index (χ2n) is 4.33. The van der Waals surface area contributed by atoms with Crippen LogP contribution < -0.4 is 4.74 Å². The second kappa shape index (κ2) is 4.30. The number of hydrogen-bond acceptors (Lipinski definition) is 3. The Labute approximate surface area is 110 Å². The molecule has 1 aliphatic rings. The van der Waals surface area contributed by atoms with Crippen molar-refractivity contribution in [3.63, 3.8) is 0 Å². The number of rotatable bonds is 2. The third kappa shape index (κ3) is 1.69. The summed E-state index contributed by atoms with van der Waals surface area (Å²) >= 11 is 5.94. The van der Waals surface area contributed by atoms with Gasteiger partial charge >= 0.3 is 0 Å². The largest absolute Gasteiger partial charge is 0.493 e. The van der Waals surface area contributed by atoms with Crippen LogP contribution in [-0.2, 0) is 13.5 Å². The number of ether oxygens (including phenoxy) is 1. The molecule has 1 unspecified atom stereocenters. The highest BCUT2D eigenvalue weighted by atomic mass is 35.5. The third-order valence-corrected chi connectivity index (χ3v) is 3.60. The predicted octanol–water partition coefficient (Wildman–Crippen LogP) is 2.09. The highest BCUT2D eigenvalue weighted by Crippen LogP contribution is 2.35. The van der Waals surface area contributed by atoms with Crippen LogP contribution >= 0.6 is 11.6 Å². The Bertz CT molecular complexity index is 595. The zero-order valence-electron chi connectivity index (χ0n) is 9.93. The maximum absolute atomic E-state index is 10.4. The molecule has 1 N–H and O–H groups in total. The van der Waals surface area contributed by atoms with E-state index in [4.69, 9.17) is 16.3 Å². The molecule has 1 aromatic heterocycles. The van der Waals surface area contributed by atoms with Gasteiger partial charge < -0.3 is 14.4 Å². The van der Waals surface area contributed by atoms with Crippen molar-refractivity contribution in [2.45, 2.75) is 12.5 Å². The first-order valence-electron chi connectivity index (χ1n) is 5.78. The van der Waals surface area contributed by atoms with Crippen LogP contribution in [-0.4, -0.2) is 21.3 Å². The van der Waals surface area contributed by atoms with Gasteiger partial charge in [-0.25, -0.2) is 4.98 Å². The van der Waals surface area contributed by atoms with Crippen molar-refractivity contribution in [1.82, 2.24) is 9.55 Å². The summed E-state index contributed by atoms with van der Waals surface area (Å²) in [4.78, 5) is 4.14. The van der Waals surface area contributed by atoms with Crippen LogP contribution in [0.2, 0.25) is 5.15 Å². The van der Waals surface area contributed by atoms with Crippen LogP contribution in [0.3, 0.4) is 0 Å². The topological polar surface area (TPSA) is 47.3 Å². The van der Waals surface area contributed by atoms with Crippen molar-refractivity contribution in [2.24, 2.45) is 7.05 Å². The number of halogens is 1. The number of imidazole rings is 1. The Morgan fingerprint density at radius 2 is 2.33 bits per heavy atom. The highest BCUT2D eigenvalue weighted by Gasteiger charge is 2.24. The van der Waals surface area contributed by atoms with Crippen LogP contribution in [0, 0.1) is 0 Å². The lowest BCUT2D eigenvalue weighted by atomic mass is 10.0. The molecule has 5 heteroatoms. The lowest BCUT2D eigenvalue weighted by Gasteiger charge is -2.14. The fourth-order valence-electron chi connectivity index (χ4n) is 2.25. The number of hydrogen-bond donors (Lipinski definition) is 1. The van der Waals surface area contributed by atoms with E-state index < -0.39 is 6.10 Å². The van der Waals surface area contributed by atoms with Crippen LogP contribution in [0.25, 0.3) is 0 Å². The van der Waals surface area contributed by atoms with Gasteiger partial charge in [0, 0.05) is 19.0 Å². The van der Waals surface area contributed by atoms with Crippen LogP contribution in [0.4, 0.5) is 0 Å². The van der Waals surface area contributed by atoms with Gasteiger partial charge in [0.25, 0.3) is 0 Å². The molecule has 0 saturated heterocycles. The maximum atomic E-state index is 10.4. The van der Waals surface area contributed by atoms with Crippen molar-refractivity contribution < 1.29 is 9.84 Å². The molecule has 94 valence electrons. The minimum atomic E-state index is -0.824. The van der Waals surface area contributed by atoms with Crippen LogP contribution in [0.5, 0.6) is 5.75 Å². The van der Waals surface area contributed by atoms with Gasteiger partial charge in [-0.3, -0.25) is 0 Å². The van der Waals surface area contributed by atoms with Gasteiger partial charge in [0.2, 0.25) is 0 Å². The molecule has 0 amide bonds. The number of aliphatic hydroxyl groups is 1. The molecule has 2 aromatic rings. The molecule has 2 heterocycles. The van der Waals surface area contributed by atoms with E-state index in [1.165, 1.54) is 6.20 Å². The Hall–Kier alpha value is -1.52. The van der Waals surface area contributed by atoms with Gasteiger partial charge in [-0.15, -0.1) is 0 Å². The Balaban J connectivity index is 2.05. The maximum Gasteiger partial charge on any atom is 0.143 e. The van der Waals surface area contributed by atoms with Crippen molar-refractivity contribution in [2.75, 3.05) is 6.61 Å². The van der Waals surface area contributed by atoms with E-state index in [0.717, 1.165) is 23.3 Å². The number of para-hydroxylation sites is 1. The molecule has 0 bridgehead atoms. The van der Waals surface area contributed by atoms with E-state index in [-0.39, 0.29) is 0 Å². The minimum absolute atomic E-state index is 0.498. The lowest BCUT2D eigenvalue weighted by Crippen LogP contribution is -2.08. The van der Waals surface area contributed by atoms with E-state index >= 15 is 0 Å². The first kappa shape index (κ1) is 11.6. The van der Waals surface area contributed by atoms with Gasteiger partial charge in [-0.05, 0) is 5.56 Å². The van der Waals surface area contributed by atoms with Gasteiger partial charge in [0.1, 0.15) is 22.8 Å². The monoisotopic (exact) mass is 264 g/mol. The average Bonchev–Trinajstić information content (AvgIpc) is 2.96. The van der Waals surface area contributed by atoms with E-state index in [1.807, 2.05) is 18.2 Å². The molecule has 0 spiro atoms. The molecule has 0 radical (unpaired) electrons. The zero-order chi connectivity index (χ0) is 12.7. The molecule has 3 rings (SSSR count). The molecule has 18 heavy (non-hydrogen) atoms. The molecule has 0 saturated carbocycles. The number of benzene rings is 1. The van der Waals surface area contributed by atoms with Gasteiger partial charge in [-0.1, -0.05) is 29.8 Å². The van der Waals surface area contributed by atoms with E-state index in [9.17, 15) is 5.11 Å². The van der Waals surface area contributed by atoms with Gasteiger partial charge in [0.05, 0.1) is 12.8 Å². The average molecular weight is 265 g/mol. The molecular formula is C13H13ClN2O2. The Kier molecular flexibility index (Phi) is 2.76. The summed E-state index contributed by atoms with van der Waals surface area (Å²) in [7, 11) is 1.78. The van der Waals surface area contributed by atoms with Crippen molar-refractivity contribution in [3.8, 4) is 5.75 Å². The molecule has 0 fully saturated rings. The zero-order valence-corrected chi connectivity index (χ0v) is 10.7. The van der Waals surface area contributed by atoms with Crippen molar-refractivity contribution in [3.05, 3.63) is 46.5 Å². The smallest absolute Gasteiger partial charge is 0.143 e. The molecular weight excluding hydrogens is 252 g/mol. The summed E-state index contributed by atoms with van der Waals surface area (Å²) in [6.45, 7) is 0.667. The predicted molar refractivity (Wildman–Crippen MR) is 67.9 cm³/mol. The van der Waals surface area contributed by atoms with E-state index in [2.05, 4.69) is 4.98 Å². The summed E-state index contributed by atoms with van der Waals surface area (Å²) in [5.74, 6) is 1.30. The molecule has 0 aliphatic carbocycles. The molecule has 1 aromatic carbocycles. The third-order valence-electron chi connectivity index (χ3n) is 3.25.